The van der Waals surface area contributed by atoms with Gasteiger partial charge in [-0.1, -0.05) is 31.9 Å². The fourth-order valence-corrected chi connectivity index (χ4v) is 2.45. The summed E-state index contributed by atoms with van der Waals surface area (Å²) < 4.78 is 5.94. The van der Waals surface area contributed by atoms with E-state index < -0.39 is 0 Å². The van der Waals surface area contributed by atoms with E-state index in [4.69, 9.17) is 4.74 Å². The molecule has 0 amide bonds. The van der Waals surface area contributed by atoms with Gasteiger partial charge in [0.15, 0.2) is 0 Å². The average molecular weight is 261 g/mol. The van der Waals surface area contributed by atoms with Gasteiger partial charge in [-0.2, -0.15) is 0 Å². The van der Waals surface area contributed by atoms with Gasteiger partial charge in [0, 0.05) is 12.6 Å². The third kappa shape index (κ3) is 4.54. The quantitative estimate of drug-likeness (QED) is 0.711. The number of aryl methyl sites for hydroxylation is 2. The molecule has 0 aliphatic heterocycles. The largest absolute Gasteiger partial charge is 0.493 e. The number of hydrogen-bond acceptors (Lipinski definition) is 2. The molecule has 0 heterocycles. The maximum absolute atomic E-state index is 5.94. The first kappa shape index (κ1) is 14.4. The van der Waals surface area contributed by atoms with Crippen LogP contribution in [0.3, 0.4) is 0 Å². The van der Waals surface area contributed by atoms with E-state index in [1.807, 2.05) is 0 Å². The van der Waals surface area contributed by atoms with Crippen molar-refractivity contribution in [3.05, 3.63) is 28.8 Å². The molecule has 0 unspecified atom stereocenters. The minimum Gasteiger partial charge on any atom is -0.493 e. The molecule has 2 nitrogen and oxygen atoms in total. The van der Waals surface area contributed by atoms with E-state index in [-0.39, 0.29) is 0 Å². The molecule has 1 N–H and O–H groups in total. The zero-order chi connectivity index (χ0) is 13.7. The number of unbranched alkanes of at least 4 members (excludes halogenated alkanes) is 2. The van der Waals surface area contributed by atoms with Crippen LogP contribution in [0.2, 0.25) is 0 Å². The summed E-state index contributed by atoms with van der Waals surface area (Å²) in [6.07, 6.45) is 6.34. The van der Waals surface area contributed by atoms with Crippen molar-refractivity contribution in [2.75, 3.05) is 6.61 Å². The van der Waals surface area contributed by atoms with Crippen molar-refractivity contribution >= 4 is 0 Å². The van der Waals surface area contributed by atoms with Gasteiger partial charge in [0.25, 0.3) is 0 Å². The van der Waals surface area contributed by atoms with E-state index in [0.717, 1.165) is 31.4 Å². The van der Waals surface area contributed by atoms with Crippen molar-refractivity contribution in [2.24, 2.45) is 0 Å². The summed E-state index contributed by atoms with van der Waals surface area (Å²) in [6.45, 7) is 8.36. The molecule has 1 aromatic rings. The van der Waals surface area contributed by atoms with Crippen molar-refractivity contribution < 1.29 is 4.74 Å². The Morgan fingerprint density at radius 2 is 1.84 bits per heavy atom. The molecule has 0 spiro atoms. The molecule has 0 atom stereocenters. The third-order valence-electron chi connectivity index (χ3n) is 3.69. The number of nitrogens with one attached hydrogen (secondary N) is 1. The van der Waals surface area contributed by atoms with Gasteiger partial charge in [-0.25, -0.2) is 0 Å². The third-order valence-corrected chi connectivity index (χ3v) is 3.69. The van der Waals surface area contributed by atoms with E-state index in [9.17, 15) is 0 Å². The normalized spacial score (nSPS) is 14.7. The van der Waals surface area contributed by atoms with Crippen LogP contribution in [0.25, 0.3) is 0 Å². The predicted molar refractivity (Wildman–Crippen MR) is 80.8 cm³/mol. The lowest BCUT2D eigenvalue weighted by Crippen LogP contribution is -2.15. The molecule has 1 aliphatic rings. The highest BCUT2D eigenvalue weighted by molar-refractivity contribution is 5.43. The summed E-state index contributed by atoms with van der Waals surface area (Å²) in [5.74, 6) is 1.09. The van der Waals surface area contributed by atoms with E-state index in [1.165, 1.54) is 42.4 Å². The van der Waals surface area contributed by atoms with Crippen LogP contribution in [-0.4, -0.2) is 12.6 Å². The monoisotopic (exact) mass is 261 g/mol. The molecule has 1 fully saturated rings. The molecule has 2 heteroatoms. The smallest absolute Gasteiger partial charge is 0.125 e. The van der Waals surface area contributed by atoms with Crippen molar-refractivity contribution in [1.82, 2.24) is 5.32 Å². The molecule has 2 rings (SSSR count). The van der Waals surface area contributed by atoms with Gasteiger partial charge in [0.2, 0.25) is 0 Å². The Morgan fingerprint density at radius 3 is 2.42 bits per heavy atom. The lowest BCUT2D eigenvalue weighted by molar-refractivity contribution is 0.302. The van der Waals surface area contributed by atoms with Gasteiger partial charge in [-0.05, 0) is 49.8 Å². The first-order valence-corrected chi connectivity index (χ1v) is 7.67. The highest BCUT2D eigenvalue weighted by Gasteiger charge is 2.20. The second-order valence-corrected chi connectivity index (χ2v) is 5.77. The first-order valence-electron chi connectivity index (χ1n) is 7.67. The summed E-state index contributed by atoms with van der Waals surface area (Å²) in [4.78, 5) is 0. The van der Waals surface area contributed by atoms with Gasteiger partial charge >= 0.3 is 0 Å². The summed E-state index contributed by atoms with van der Waals surface area (Å²) in [5, 5.41) is 3.57. The first-order chi connectivity index (χ1) is 9.20. The SMILES string of the molecule is CCCCCOc1c(C)cc(CNC2CC2)cc1C. The highest BCUT2D eigenvalue weighted by atomic mass is 16.5. The molecule has 106 valence electrons. The minimum absolute atomic E-state index is 0.769. The number of ether oxygens (including phenoxy) is 1. The van der Waals surface area contributed by atoms with Crippen LogP contribution in [-0.2, 0) is 6.54 Å². The standard InChI is InChI=1S/C17H27NO/c1-4-5-6-9-19-17-13(2)10-15(11-14(17)3)12-18-16-7-8-16/h10-11,16,18H,4-9,12H2,1-3H3. The lowest BCUT2D eigenvalue weighted by Gasteiger charge is -2.14. The topological polar surface area (TPSA) is 21.3 Å². The second-order valence-electron chi connectivity index (χ2n) is 5.77. The molecule has 0 radical (unpaired) electrons. The van der Waals surface area contributed by atoms with E-state index in [0.29, 0.717) is 0 Å². The second kappa shape index (κ2) is 6.95. The summed E-state index contributed by atoms with van der Waals surface area (Å²) in [6, 6.07) is 5.29. The van der Waals surface area contributed by atoms with Crippen LogP contribution in [0.5, 0.6) is 5.75 Å². The molecule has 0 saturated heterocycles. The molecule has 1 saturated carbocycles. The predicted octanol–water partition coefficient (Wildman–Crippen LogP) is 4.12. The molecular weight excluding hydrogens is 234 g/mol. The zero-order valence-electron chi connectivity index (χ0n) is 12.6. The molecule has 0 bridgehead atoms. The Morgan fingerprint density at radius 1 is 1.16 bits per heavy atom. The Balaban J connectivity index is 1.91. The molecule has 1 aliphatic carbocycles. The van der Waals surface area contributed by atoms with Crippen molar-refractivity contribution in [3.8, 4) is 5.75 Å². The van der Waals surface area contributed by atoms with Crippen LogP contribution in [0.4, 0.5) is 0 Å². The summed E-state index contributed by atoms with van der Waals surface area (Å²) >= 11 is 0. The Labute approximate surface area is 117 Å². The van der Waals surface area contributed by atoms with E-state index >= 15 is 0 Å². The zero-order valence-corrected chi connectivity index (χ0v) is 12.6. The summed E-state index contributed by atoms with van der Waals surface area (Å²) in [7, 11) is 0. The summed E-state index contributed by atoms with van der Waals surface area (Å²) in [5.41, 5.74) is 3.91. The Kier molecular flexibility index (Phi) is 5.26. The molecule has 19 heavy (non-hydrogen) atoms. The van der Waals surface area contributed by atoms with Gasteiger partial charge < -0.3 is 10.1 Å². The molecular formula is C17H27NO. The average Bonchev–Trinajstić information content (AvgIpc) is 3.18. The van der Waals surface area contributed by atoms with Crippen LogP contribution >= 0.6 is 0 Å². The van der Waals surface area contributed by atoms with Crippen molar-refractivity contribution in [1.29, 1.82) is 0 Å². The van der Waals surface area contributed by atoms with Gasteiger partial charge in [-0.15, -0.1) is 0 Å². The van der Waals surface area contributed by atoms with Crippen LogP contribution in [0.1, 0.15) is 55.7 Å². The maximum Gasteiger partial charge on any atom is 0.125 e. The van der Waals surface area contributed by atoms with Crippen molar-refractivity contribution in [3.63, 3.8) is 0 Å². The number of hydrogen-bond donors (Lipinski definition) is 1. The highest BCUT2D eigenvalue weighted by Crippen LogP contribution is 2.26. The van der Waals surface area contributed by atoms with Crippen LogP contribution < -0.4 is 10.1 Å². The number of benzene rings is 1. The Hall–Kier alpha value is -1.02. The Bertz CT molecular complexity index is 387. The van der Waals surface area contributed by atoms with Gasteiger partial charge in [0.05, 0.1) is 6.61 Å². The van der Waals surface area contributed by atoms with Crippen LogP contribution in [0.15, 0.2) is 12.1 Å². The fraction of sp³-hybridized carbons (Fsp3) is 0.647. The van der Waals surface area contributed by atoms with Gasteiger partial charge in [0.1, 0.15) is 5.75 Å². The van der Waals surface area contributed by atoms with E-state index in [1.54, 1.807) is 0 Å². The minimum atomic E-state index is 0.769. The number of rotatable bonds is 8. The molecule has 0 aromatic heterocycles. The fourth-order valence-electron chi connectivity index (χ4n) is 2.45. The van der Waals surface area contributed by atoms with E-state index in [2.05, 4.69) is 38.2 Å². The van der Waals surface area contributed by atoms with Crippen LogP contribution in [0, 0.1) is 13.8 Å². The van der Waals surface area contributed by atoms with Gasteiger partial charge in [-0.3, -0.25) is 0 Å². The molecule has 1 aromatic carbocycles. The van der Waals surface area contributed by atoms with Crippen molar-refractivity contribution in [2.45, 2.75) is 65.5 Å². The maximum atomic E-state index is 5.94. The lowest BCUT2D eigenvalue weighted by atomic mass is 10.1.